The average molecular weight is 326 g/mol. The van der Waals surface area contributed by atoms with Crippen molar-refractivity contribution in [3.63, 3.8) is 0 Å². The van der Waals surface area contributed by atoms with Crippen molar-refractivity contribution in [1.29, 1.82) is 0 Å². The molecule has 2 atom stereocenters. The molecule has 0 radical (unpaired) electrons. The van der Waals surface area contributed by atoms with E-state index >= 15 is 0 Å². The van der Waals surface area contributed by atoms with Gasteiger partial charge < -0.3 is 16.4 Å². The van der Waals surface area contributed by atoms with Crippen LogP contribution in [-0.4, -0.2) is 31.3 Å². The normalized spacial score (nSPS) is 29.4. The maximum atomic E-state index is 13.3. The van der Waals surface area contributed by atoms with Gasteiger partial charge in [-0.25, -0.2) is 4.99 Å². The smallest absolute Gasteiger partial charge is 0.384 e. The lowest BCUT2D eigenvalue weighted by molar-refractivity contribution is -0.100. The van der Waals surface area contributed by atoms with E-state index in [1.54, 1.807) is 12.2 Å². The lowest BCUT2D eigenvalue weighted by Crippen LogP contribution is -2.45. The SMILES string of the molecule is NC1=NC(C2CC=CC=C2C(F)(F)F)NC(C2CCNCC2)=C1. The summed E-state index contributed by atoms with van der Waals surface area (Å²) in [5.74, 6) is -0.146. The third-order valence-electron chi connectivity index (χ3n) is 4.59. The summed E-state index contributed by atoms with van der Waals surface area (Å²) in [7, 11) is 0. The van der Waals surface area contributed by atoms with Gasteiger partial charge in [0.05, 0.1) is 0 Å². The molecule has 23 heavy (non-hydrogen) atoms. The van der Waals surface area contributed by atoms with E-state index in [0.717, 1.165) is 37.7 Å². The first-order chi connectivity index (χ1) is 10.9. The topological polar surface area (TPSA) is 62.4 Å². The molecule has 1 aliphatic carbocycles. The van der Waals surface area contributed by atoms with Crippen LogP contribution in [0.15, 0.2) is 40.6 Å². The van der Waals surface area contributed by atoms with Crippen molar-refractivity contribution in [3.05, 3.63) is 35.6 Å². The molecule has 3 rings (SSSR count). The van der Waals surface area contributed by atoms with Crippen molar-refractivity contribution in [2.45, 2.75) is 31.6 Å². The zero-order valence-electron chi connectivity index (χ0n) is 12.7. The molecular weight excluding hydrogens is 305 g/mol. The Labute approximate surface area is 133 Å². The molecule has 2 unspecified atom stereocenters. The van der Waals surface area contributed by atoms with E-state index in [0.29, 0.717) is 18.2 Å². The summed E-state index contributed by atoms with van der Waals surface area (Å²) >= 11 is 0. The molecule has 0 bridgehead atoms. The van der Waals surface area contributed by atoms with Gasteiger partial charge in [0.1, 0.15) is 12.0 Å². The van der Waals surface area contributed by atoms with Crippen LogP contribution in [0.1, 0.15) is 19.3 Å². The highest BCUT2D eigenvalue weighted by atomic mass is 19.4. The molecule has 1 fully saturated rings. The zero-order valence-corrected chi connectivity index (χ0v) is 12.7. The number of nitrogens with zero attached hydrogens (tertiary/aromatic N) is 1. The highest BCUT2D eigenvalue weighted by molar-refractivity contribution is 5.92. The fourth-order valence-electron chi connectivity index (χ4n) is 3.41. The quantitative estimate of drug-likeness (QED) is 0.729. The monoisotopic (exact) mass is 326 g/mol. The van der Waals surface area contributed by atoms with Gasteiger partial charge in [0.15, 0.2) is 0 Å². The Morgan fingerprint density at radius 1 is 1.22 bits per heavy atom. The van der Waals surface area contributed by atoms with Crippen molar-refractivity contribution >= 4 is 5.84 Å². The van der Waals surface area contributed by atoms with Crippen LogP contribution in [0.25, 0.3) is 0 Å². The van der Waals surface area contributed by atoms with Crippen LogP contribution in [0, 0.1) is 11.8 Å². The number of nitrogens with one attached hydrogen (secondary N) is 2. The lowest BCUT2D eigenvalue weighted by Gasteiger charge is -2.35. The van der Waals surface area contributed by atoms with Crippen molar-refractivity contribution < 1.29 is 13.2 Å². The first-order valence-electron chi connectivity index (χ1n) is 7.91. The van der Waals surface area contributed by atoms with Crippen LogP contribution in [0.2, 0.25) is 0 Å². The van der Waals surface area contributed by atoms with Gasteiger partial charge in [0, 0.05) is 23.1 Å². The van der Waals surface area contributed by atoms with Gasteiger partial charge in [-0.15, -0.1) is 0 Å². The Hall–Kier alpha value is -1.76. The standard InChI is InChI=1S/C16H21F3N4/c17-16(18,19)12-4-2-1-3-11(12)15-22-13(9-14(20)23-15)10-5-7-21-8-6-10/h1-2,4,9-11,15,21-22H,3,5-8H2,(H2,20,23). The molecule has 7 heteroatoms. The number of halogens is 3. The second-order valence-electron chi connectivity index (χ2n) is 6.16. The molecule has 0 spiro atoms. The number of amidine groups is 1. The number of aliphatic imine (C=N–C) groups is 1. The van der Waals surface area contributed by atoms with E-state index in [2.05, 4.69) is 15.6 Å². The Bertz CT molecular complexity index is 568. The third kappa shape index (κ3) is 3.60. The van der Waals surface area contributed by atoms with Crippen LogP contribution in [0.5, 0.6) is 0 Å². The summed E-state index contributed by atoms with van der Waals surface area (Å²) in [6.45, 7) is 1.82. The Kier molecular flexibility index (Phi) is 4.48. The van der Waals surface area contributed by atoms with E-state index in [1.807, 2.05) is 0 Å². The number of allylic oxidation sites excluding steroid dienone is 4. The van der Waals surface area contributed by atoms with E-state index in [1.165, 1.54) is 6.08 Å². The van der Waals surface area contributed by atoms with Gasteiger partial charge in [-0.3, -0.25) is 0 Å². The second kappa shape index (κ2) is 6.39. The van der Waals surface area contributed by atoms with E-state index in [9.17, 15) is 13.2 Å². The van der Waals surface area contributed by atoms with Gasteiger partial charge in [-0.1, -0.05) is 18.2 Å². The Morgan fingerprint density at radius 3 is 2.65 bits per heavy atom. The first-order valence-corrected chi connectivity index (χ1v) is 7.91. The molecule has 2 aliphatic heterocycles. The predicted octanol–water partition coefficient (Wildman–Crippen LogP) is 2.22. The Morgan fingerprint density at radius 2 is 1.96 bits per heavy atom. The molecule has 1 saturated heterocycles. The molecule has 126 valence electrons. The van der Waals surface area contributed by atoms with Gasteiger partial charge in [-0.05, 0) is 38.4 Å². The van der Waals surface area contributed by atoms with Gasteiger partial charge in [0.25, 0.3) is 0 Å². The highest BCUT2D eigenvalue weighted by Gasteiger charge is 2.42. The van der Waals surface area contributed by atoms with Crippen LogP contribution in [0.4, 0.5) is 13.2 Å². The van der Waals surface area contributed by atoms with Gasteiger partial charge >= 0.3 is 6.18 Å². The molecule has 0 aromatic heterocycles. The first kappa shape index (κ1) is 16.1. The molecular formula is C16H21F3N4. The lowest BCUT2D eigenvalue weighted by atomic mass is 9.86. The maximum Gasteiger partial charge on any atom is 0.413 e. The molecule has 0 aromatic rings. The fourth-order valence-corrected chi connectivity index (χ4v) is 3.41. The average Bonchev–Trinajstić information content (AvgIpc) is 2.54. The summed E-state index contributed by atoms with van der Waals surface area (Å²) in [6, 6.07) is 0. The minimum absolute atomic E-state index is 0.297. The summed E-state index contributed by atoms with van der Waals surface area (Å²) in [5.41, 5.74) is 6.26. The predicted molar refractivity (Wildman–Crippen MR) is 83.6 cm³/mol. The van der Waals surface area contributed by atoms with E-state index < -0.39 is 23.8 Å². The molecule has 2 heterocycles. The summed E-state index contributed by atoms with van der Waals surface area (Å²) < 4.78 is 39.8. The Balaban J connectivity index is 1.80. The van der Waals surface area contributed by atoms with Gasteiger partial charge in [-0.2, -0.15) is 13.2 Å². The van der Waals surface area contributed by atoms with Crippen molar-refractivity contribution in [1.82, 2.24) is 10.6 Å². The maximum absolute atomic E-state index is 13.3. The number of hydrogen-bond donors (Lipinski definition) is 3. The third-order valence-corrected chi connectivity index (χ3v) is 4.59. The molecule has 4 N–H and O–H groups in total. The summed E-state index contributed by atoms with van der Waals surface area (Å²) in [6.07, 6.45) is 3.30. The number of hydrogen-bond acceptors (Lipinski definition) is 4. The number of rotatable bonds is 2. The van der Waals surface area contributed by atoms with E-state index in [-0.39, 0.29) is 0 Å². The molecule has 0 amide bonds. The number of nitrogens with two attached hydrogens (primary N) is 1. The van der Waals surface area contributed by atoms with Crippen molar-refractivity contribution in [2.24, 2.45) is 22.6 Å². The molecule has 3 aliphatic rings. The van der Waals surface area contributed by atoms with Gasteiger partial charge in [0.2, 0.25) is 0 Å². The largest absolute Gasteiger partial charge is 0.413 e. The number of alkyl halides is 3. The number of piperidine rings is 1. The fraction of sp³-hybridized carbons (Fsp3) is 0.562. The second-order valence-corrected chi connectivity index (χ2v) is 6.16. The van der Waals surface area contributed by atoms with Crippen molar-refractivity contribution in [3.8, 4) is 0 Å². The summed E-state index contributed by atoms with van der Waals surface area (Å²) in [4.78, 5) is 4.23. The van der Waals surface area contributed by atoms with Crippen LogP contribution in [-0.2, 0) is 0 Å². The van der Waals surface area contributed by atoms with E-state index in [4.69, 9.17) is 5.73 Å². The van der Waals surface area contributed by atoms with Crippen LogP contribution in [0.3, 0.4) is 0 Å². The van der Waals surface area contributed by atoms with Crippen LogP contribution >= 0.6 is 0 Å². The minimum Gasteiger partial charge on any atom is -0.384 e. The van der Waals surface area contributed by atoms with Crippen LogP contribution < -0.4 is 16.4 Å². The molecule has 0 aromatic carbocycles. The van der Waals surface area contributed by atoms with Crippen molar-refractivity contribution in [2.75, 3.05) is 13.1 Å². The highest BCUT2D eigenvalue weighted by Crippen LogP contribution is 2.38. The summed E-state index contributed by atoms with van der Waals surface area (Å²) in [5, 5.41) is 6.50. The minimum atomic E-state index is -4.35. The molecule has 4 nitrogen and oxygen atoms in total. The zero-order chi connectivity index (χ0) is 16.4. The molecule has 0 saturated carbocycles.